The first-order valence-corrected chi connectivity index (χ1v) is 12.3. The summed E-state index contributed by atoms with van der Waals surface area (Å²) in [6, 6.07) is 15.3. The zero-order chi connectivity index (χ0) is 22.4. The van der Waals surface area contributed by atoms with E-state index in [1.165, 1.54) is 23.3 Å². The molecule has 1 amide bonds. The van der Waals surface area contributed by atoms with Crippen LogP contribution in [0, 0.1) is 5.82 Å². The van der Waals surface area contributed by atoms with E-state index in [2.05, 4.69) is 56.9 Å². The van der Waals surface area contributed by atoms with Crippen LogP contribution in [-0.4, -0.2) is 41.1 Å². The van der Waals surface area contributed by atoms with Crippen molar-refractivity contribution in [3.05, 3.63) is 71.0 Å². The van der Waals surface area contributed by atoms with Crippen LogP contribution in [0.3, 0.4) is 0 Å². The maximum absolute atomic E-state index is 13.3. The highest BCUT2D eigenvalue weighted by Crippen LogP contribution is 2.38. The minimum Gasteiger partial charge on any atom is -0.325 e. The predicted octanol–water partition coefficient (Wildman–Crippen LogP) is 6.00. The molecule has 3 nitrogen and oxygen atoms in total. The van der Waals surface area contributed by atoms with Crippen LogP contribution in [0.4, 0.5) is 4.39 Å². The van der Waals surface area contributed by atoms with Crippen molar-refractivity contribution in [1.29, 1.82) is 0 Å². The molecule has 0 aromatic heterocycles. The van der Waals surface area contributed by atoms with Gasteiger partial charge >= 0.3 is 0 Å². The fourth-order valence-electron chi connectivity index (χ4n) is 3.88. The molecule has 2 aromatic carbocycles. The average molecular weight is 443 g/mol. The van der Waals surface area contributed by atoms with Gasteiger partial charge in [-0.3, -0.25) is 9.69 Å². The second-order valence-electron chi connectivity index (χ2n) is 9.37. The Bertz CT molecular complexity index is 845. The second kappa shape index (κ2) is 10.6. The number of amides is 1. The molecule has 2 aromatic rings. The van der Waals surface area contributed by atoms with Crippen molar-refractivity contribution in [2.24, 2.45) is 0 Å². The standard InChI is InChI=1S/C26H35FN2OS/c1-5-6-15-28(18-20-7-11-22(12-8-20)26(2,3)4)19-24(30)29-16-17-31-25(29)21-9-13-23(27)14-10-21/h7-14,25H,5-6,15-19H2,1-4H3/t25-/m1/s1. The molecule has 0 spiro atoms. The molecule has 3 rings (SSSR count). The molecule has 0 N–H and O–H groups in total. The summed E-state index contributed by atoms with van der Waals surface area (Å²) in [4.78, 5) is 17.5. The van der Waals surface area contributed by atoms with Crippen LogP contribution in [0.5, 0.6) is 0 Å². The van der Waals surface area contributed by atoms with Crippen molar-refractivity contribution in [2.45, 2.75) is 57.9 Å². The Morgan fingerprint density at radius 2 is 1.81 bits per heavy atom. The lowest BCUT2D eigenvalue weighted by atomic mass is 9.87. The maximum Gasteiger partial charge on any atom is 0.237 e. The minimum absolute atomic E-state index is 0.0211. The first-order chi connectivity index (χ1) is 14.8. The summed E-state index contributed by atoms with van der Waals surface area (Å²) in [6.07, 6.45) is 2.18. The molecular weight excluding hydrogens is 407 g/mol. The van der Waals surface area contributed by atoms with Crippen LogP contribution in [0.15, 0.2) is 48.5 Å². The van der Waals surface area contributed by atoms with Crippen LogP contribution >= 0.6 is 11.8 Å². The number of benzene rings is 2. The Labute approximate surface area is 191 Å². The lowest BCUT2D eigenvalue weighted by Crippen LogP contribution is -2.40. The van der Waals surface area contributed by atoms with E-state index in [1.54, 1.807) is 23.9 Å². The lowest BCUT2D eigenvalue weighted by Gasteiger charge is -2.28. The molecule has 0 aliphatic carbocycles. The molecule has 0 bridgehead atoms. The summed E-state index contributed by atoms with van der Waals surface area (Å²) in [5.74, 6) is 0.825. The zero-order valence-corrected chi connectivity index (χ0v) is 20.1. The van der Waals surface area contributed by atoms with E-state index in [0.29, 0.717) is 6.54 Å². The Hall–Kier alpha value is -1.85. The normalized spacial score (nSPS) is 16.8. The van der Waals surface area contributed by atoms with Crippen molar-refractivity contribution in [1.82, 2.24) is 9.80 Å². The third kappa shape index (κ3) is 6.56. The smallest absolute Gasteiger partial charge is 0.237 e. The molecular formula is C26H35FN2OS. The molecule has 0 saturated carbocycles. The van der Waals surface area contributed by atoms with Gasteiger partial charge in [0.1, 0.15) is 11.2 Å². The Morgan fingerprint density at radius 1 is 1.13 bits per heavy atom. The molecule has 1 heterocycles. The summed E-state index contributed by atoms with van der Waals surface area (Å²) >= 11 is 1.75. The third-order valence-corrected chi connectivity index (χ3v) is 7.04. The van der Waals surface area contributed by atoms with Gasteiger partial charge in [-0.05, 0) is 47.2 Å². The molecule has 168 valence electrons. The number of hydrogen-bond donors (Lipinski definition) is 0. The number of rotatable bonds is 8. The van der Waals surface area contributed by atoms with E-state index in [9.17, 15) is 9.18 Å². The number of carbonyl (C=O) groups excluding carboxylic acids is 1. The highest BCUT2D eigenvalue weighted by atomic mass is 32.2. The second-order valence-corrected chi connectivity index (χ2v) is 10.6. The third-order valence-electron chi connectivity index (χ3n) is 5.78. The van der Waals surface area contributed by atoms with E-state index in [0.717, 1.165) is 43.8 Å². The van der Waals surface area contributed by atoms with Crippen molar-refractivity contribution in [3.63, 3.8) is 0 Å². The van der Waals surface area contributed by atoms with E-state index < -0.39 is 0 Å². The predicted molar refractivity (Wildman–Crippen MR) is 129 cm³/mol. The molecule has 1 aliphatic rings. The van der Waals surface area contributed by atoms with Gasteiger partial charge in [-0.1, -0.05) is 70.5 Å². The van der Waals surface area contributed by atoms with E-state index >= 15 is 0 Å². The number of unbranched alkanes of at least 4 members (excludes halogenated alkanes) is 1. The molecule has 0 radical (unpaired) electrons. The van der Waals surface area contributed by atoms with Gasteiger partial charge in [0.2, 0.25) is 5.91 Å². The Morgan fingerprint density at radius 3 is 2.42 bits per heavy atom. The SMILES string of the molecule is CCCCN(CC(=O)N1CCS[C@@H]1c1ccc(F)cc1)Cc1ccc(C(C)(C)C)cc1. The van der Waals surface area contributed by atoms with Crippen molar-refractivity contribution in [2.75, 3.05) is 25.4 Å². The number of nitrogens with zero attached hydrogens (tertiary/aromatic N) is 2. The fourth-order valence-corrected chi connectivity index (χ4v) is 5.15. The number of carbonyl (C=O) groups is 1. The summed E-state index contributed by atoms with van der Waals surface area (Å²) in [5.41, 5.74) is 3.70. The molecule has 5 heteroatoms. The molecule has 1 fully saturated rings. The van der Waals surface area contributed by atoms with Crippen molar-refractivity contribution < 1.29 is 9.18 Å². The van der Waals surface area contributed by atoms with Crippen LogP contribution in [-0.2, 0) is 16.8 Å². The van der Waals surface area contributed by atoms with Crippen molar-refractivity contribution in [3.8, 4) is 0 Å². The monoisotopic (exact) mass is 442 g/mol. The zero-order valence-electron chi connectivity index (χ0n) is 19.2. The van der Waals surface area contributed by atoms with Crippen LogP contribution in [0.25, 0.3) is 0 Å². The fraction of sp³-hybridized carbons (Fsp3) is 0.500. The first-order valence-electron chi connectivity index (χ1n) is 11.3. The van der Waals surface area contributed by atoms with Crippen LogP contribution in [0.1, 0.15) is 62.6 Å². The maximum atomic E-state index is 13.3. The highest BCUT2D eigenvalue weighted by Gasteiger charge is 2.31. The van der Waals surface area contributed by atoms with Gasteiger partial charge in [0.25, 0.3) is 0 Å². The molecule has 0 unspecified atom stereocenters. The van der Waals surface area contributed by atoms with Gasteiger partial charge in [-0.15, -0.1) is 11.8 Å². The molecule has 1 aliphatic heterocycles. The van der Waals surface area contributed by atoms with Gasteiger partial charge in [0.15, 0.2) is 0 Å². The number of hydrogen-bond acceptors (Lipinski definition) is 3. The molecule has 31 heavy (non-hydrogen) atoms. The average Bonchev–Trinajstić information content (AvgIpc) is 3.22. The lowest BCUT2D eigenvalue weighted by molar-refractivity contribution is -0.132. The van der Waals surface area contributed by atoms with Gasteiger partial charge in [0, 0.05) is 18.8 Å². The largest absolute Gasteiger partial charge is 0.325 e. The Balaban J connectivity index is 1.68. The van der Waals surface area contributed by atoms with Gasteiger partial charge in [-0.2, -0.15) is 0 Å². The summed E-state index contributed by atoms with van der Waals surface area (Å²) < 4.78 is 13.3. The molecule has 1 atom stereocenters. The summed E-state index contributed by atoms with van der Waals surface area (Å²) in [6.45, 7) is 11.7. The summed E-state index contributed by atoms with van der Waals surface area (Å²) in [5, 5.41) is -0.0211. The first kappa shape index (κ1) is 23.8. The minimum atomic E-state index is -0.243. The molecule has 1 saturated heterocycles. The van der Waals surface area contributed by atoms with Crippen LogP contribution < -0.4 is 0 Å². The van der Waals surface area contributed by atoms with E-state index in [4.69, 9.17) is 0 Å². The van der Waals surface area contributed by atoms with Gasteiger partial charge < -0.3 is 4.90 Å². The van der Waals surface area contributed by atoms with Gasteiger partial charge in [0.05, 0.1) is 6.54 Å². The Kier molecular flexibility index (Phi) is 8.17. The number of halogens is 1. The highest BCUT2D eigenvalue weighted by molar-refractivity contribution is 7.99. The summed E-state index contributed by atoms with van der Waals surface area (Å²) in [7, 11) is 0. The quantitative estimate of drug-likeness (QED) is 0.501. The topological polar surface area (TPSA) is 23.6 Å². The van der Waals surface area contributed by atoms with E-state index in [1.807, 2.05) is 4.90 Å². The van der Waals surface area contributed by atoms with E-state index in [-0.39, 0.29) is 22.5 Å². The van der Waals surface area contributed by atoms with Crippen molar-refractivity contribution >= 4 is 17.7 Å². The van der Waals surface area contributed by atoms with Gasteiger partial charge in [-0.25, -0.2) is 4.39 Å². The van der Waals surface area contributed by atoms with Crippen LogP contribution in [0.2, 0.25) is 0 Å². The number of thioether (sulfide) groups is 1.